The van der Waals surface area contributed by atoms with Crippen LogP contribution in [-0.2, 0) is 4.74 Å². The standard InChI is InChI=1S/C20H26N2O2/c1-21(2)13-14-22(15-16-24-3)20(23)19-11-9-18(10-12-19)17-7-5-4-6-8-17/h4-12H,13-16H2,1-3H3. The second-order valence-corrected chi connectivity index (χ2v) is 6.03. The summed E-state index contributed by atoms with van der Waals surface area (Å²) in [7, 11) is 5.67. The molecule has 0 N–H and O–H groups in total. The van der Waals surface area contributed by atoms with Gasteiger partial charge in [0.2, 0.25) is 0 Å². The first-order valence-corrected chi connectivity index (χ1v) is 8.20. The Kier molecular flexibility index (Phi) is 6.97. The van der Waals surface area contributed by atoms with Gasteiger partial charge in [-0.25, -0.2) is 0 Å². The fourth-order valence-corrected chi connectivity index (χ4v) is 2.46. The Bertz CT molecular complexity index is 624. The van der Waals surface area contributed by atoms with Gasteiger partial charge < -0.3 is 14.5 Å². The molecule has 1 amide bonds. The van der Waals surface area contributed by atoms with E-state index in [-0.39, 0.29) is 5.91 Å². The minimum atomic E-state index is 0.0495. The van der Waals surface area contributed by atoms with Crippen LogP contribution in [0.1, 0.15) is 10.4 Å². The quantitative estimate of drug-likeness (QED) is 0.747. The van der Waals surface area contributed by atoms with E-state index in [0.29, 0.717) is 25.3 Å². The van der Waals surface area contributed by atoms with Crippen molar-refractivity contribution in [2.24, 2.45) is 0 Å². The van der Waals surface area contributed by atoms with Crippen molar-refractivity contribution >= 4 is 5.91 Å². The van der Waals surface area contributed by atoms with Crippen molar-refractivity contribution in [1.82, 2.24) is 9.80 Å². The predicted molar refractivity (Wildman–Crippen MR) is 98.2 cm³/mol. The lowest BCUT2D eigenvalue weighted by Gasteiger charge is -2.24. The molecule has 0 heterocycles. The molecule has 128 valence electrons. The zero-order valence-electron chi connectivity index (χ0n) is 14.7. The second-order valence-electron chi connectivity index (χ2n) is 6.03. The number of ether oxygens (including phenoxy) is 1. The molecule has 0 unspecified atom stereocenters. The largest absolute Gasteiger partial charge is 0.383 e. The van der Waals surface area contributed by atoms with Crippen LogP contribution in [0, 0.1) is 0 Å². The number of methoxy groups -OCH3 is 1. The van der Waals surface area contributed by atoms with Crippen LogP contribution in [0.2, 0.25) is 0 Å². The van der Waals surface area contributed by atoms with Crippen LogP contribution >= 0.6 is 0 Å². The second kappa shape index (κ2) is 9.21. The van der Waals surface area contributed by atoms with Gasteiger partial charge in [0, 0.05) is 32.3 Å². The van der Waals surface area contributed by atoms with Gasteiger partial charge in [-0.3, -0.25) is 4.79 Å². The Balaban J connectivity index is 2.10. The molecule has 4 nitrogen and oxygen atoms in total. The van der Waals surface area contributed by atoms with Gasteiger partial charge in [0.1, 0.15) is 0 Å². The fourth-order valence-electron chi connectivity index (χ4n) is 2.46. The first-order valence-electron chi connectivity index (χ1n) is 8.20. The summed E-state index contributed by atoms with van der Waals surface area (Å²) in [6.45, 7) is 2.66. The summed E-state index contributed by atoms with van der Waals surface area (Å²) in [6, 6.07) is 18.0. The normalized spacial score (nSPS) is 10.8. The maximum atomic E-state index is 12.8. The predicted octanol–water partition coefficient (Wildman–Crippen LogP) is 3.00. The van der Waals surface area contributed by atoms with Crippen LogP contribution in [-0.4, -0.2) is 63.2 Å². The molecule has 0 aliphatic heterocycles. The van der Waals surface area contributed by atoms with Gasteiger partial charge in [0.25, 0.3) is 5.91 Å². The molecule has 0 fully saturated rings. The van der Waals surface area contributed by atoms with Crippen molar-refractivity contribution in [3.63, 3.8) is 0 Å². The third kappa shape index (κ3) is 5.18. The monoisotopic (exact) mass is 326 g/mol. The molecule has 0 aromatic heterocycles. The minimum absolute atomic E-state index is 0.0495. The van der Waals surface area contributed by atoms with Crippen molar-refractivity contribution in [2.75, 3.05) is 47.4 Å². The topological polar surface area (TPSA) is 32.8 Å². The highest BCUT2D eigenvalue weighted by Crippen LogP contribution is 2.19. The van der Waals surface area contributed by atoms with E-state index in [1.165, 1.54) is 0 Å². The van der Waals surface area contributed by atoms with Crippen LogP contribution in [0.3, 0.4) is 0 Å². The maximum Gasteiger partial charge on any atom is 0.253 e. The number of nitrogens with zero attached hydrogens (tertiary/aromatic N) is 2. The first kappa shape index (κ1) is 18.2. The minimum Gasteiger partial charge on any atom is -0.383 e. The Morgan fingerprint density at radius 3 is 2.08 bits per heavy atom. The van der Waals surface area contributed by atoms with E-state index in [1.807, 2.05) is 61.5 Å². The summed E-state index contributed by atoms with van der Waals surface area (Å²) in [6.07, 6.45) is 0. The first-order chi connectivity index (χ1) is 11.6. The molecule has 24 heavy (non-hydrogen) atoms. The molecule has 0 spiro atoms. The van der Waals surface area contributed by atoms with E-state index in [0.717, 1.165) is 17.7 Å². The van der Waals surface area contributed by atoms with Crippen molar-refractivity contribution in [2.45, 2.75) is 0 Å². The lowest BCUT2D eigenvalue weighted by molar-refractivity contribution is 0.0683. The molecule has 0 saturated heterocycles. The fraction of sp³-hybridized carbons (Fsp3) is 0.350. The summed E-state index contributed by atoms with van der Waals surface area (Å²) >= 11 is 0. The van der Waals surface area contributed by atoms with E-state index < -0.39 is 0 Å². The Morgan fingerprint density at radius 2 is 1.50 bits per heavy atom. The molecule has 0 aliphatic rings. The van der Waals surface area contributed by atoms with Crippen LogP contribution in [0.25, 0.3) is 11.1 Å². The van der Waals surface area contributed by atoms with E-state index in [9.17, 15) is 4.79 Å². The van der Waals surface area contributed by atoms with Gasteiger partial charge in [-0.1, -0.05) is 42.5 Å². The Morgan fingerprint density at radius 1 is 0.875 bits per heavy atom. The van der Waals surface area contributed by atoms with Crippen LogP contribution in [0.5, 0.6) is 0 Å². The van der Waals surface area contributed by atoms with Crippen LogP contribution in [0.4, 0.5) is 0 Å². The number of carbonyl (C=O) groups excluding carboxylic acids is 1. The van der Waals surface area contributed by atoms with Gasteiger partial charge in [-0.05, 0) is 37.4 Å². The number of likely N-dealkylation sites (N-methyl/N-ethyl adjacent to an activating group) is 1. The van der Waals surface area contributed by atoms with Crippen LogP contribution in [0.15, 0.2) is 54.6 Å². The molecule has 0 bridgehead atoms. The molecule has 0 radical (unpaired) electrons. The number of hydrogen-bond donors (Lipinski definition) is 0. The van der Waals surface area contributed by atoms with E-state index in [4.69, 9.17) is 4.74 Å². The third-order valence-corrected chi connectivity index (χ3v) is 3.91. The molecule has 4 heteroatoms. The zero-order valence-corrected chi connectivity index (χ0v) is 14.7. The van der Waals surface area contributed by atoms with Crippen molar-refractivity contribution in [3.05, 3.63) is 60.2 Å². The third-order valence-electron chi connectivity index (χ3n) is 3.91. The highest BCUT2D eigenvalue weighted by molar-refractivity contribution is 5.94. The molecular weight excluding hydrogens is 300 g/mol. The number of benzene rings is 2. The summed E-state index contributed by atoms with van der Waals surface area (Å²) in [5.41, 5.74) is 2.98. The molecular formula is C20H26N2O2. The van der Waals surface area contributed by atoms with Gasteiger partial charge in [-0.15, -0.1) is 0 Å². The van der Waals surface area contributed by atoms with Gasteiger partial charge in [0.05, 0.1) is 6.61 Å². The van der Waals surface area contributed by atoms with Gasteiger partial charge >= 0.3 is 0 Å². The highest BCUT2D eigenvalue weighted by atomic mass is 16.5. The maximum absolute atomic E-state index is 12.8. The highest BCUT2D eigenvalue weighted by Gasteiger charge is 2.15. The zero-order chi connectivity index (χ0) is 17.4. The molecule has 0 atom stereocenters. The summed E-state index contributed by atoms with van der Waals surface area (Å²) < 4.78 is 5.13. The molecule has 0 saturated carbocycles. The number of amides is 1. The summed E-state index contributed by atoms with van der Waals surface area (Å²) in [5.74, 6) is 0.0495. The van der Waals surface area contributed by atoms with E-state index in [1.54, 1.807) is 7.11 Å². The van der Waals surface area contributed by atoms with E-state index in [2.05, 4.69) is 17.0 Å². The average molecular weight is 326 g/mol. The lowest BCUT2D eigenvalue weighted by Crippen LogP contribution is -2.38. The Hall–Kier alpha value is -2.17. The summed E-state index contributed by atoms with van der Waals surface area (Å²) in [4.78, 5) is 16.7. The Labute approximate surface area is 144 Å². The lowest BCUT2D eigenvalue weighted by atomic mass is 10.0. The molecule has 0 aliphatic carbocycles. The average Bonchev–Trinajstić information content (AvgIpc) is 2.62. The van der Waals surface area contributed by atoms with Crippen LogP contribution < -0.4 is 0 Å². The molecule has 2 aromatic carbocycles. The van der Waals surface area contributed by atoms with Crippen molar-refractivity contribution < 1.29 is 9.53 Å². The SMILES string of the molecule is COCCN(CCN(C)C)C(=O)c1ccc(-c2ccccc2)cc1. The number of rotatable bonds is 8. The number of carbonyl (C=O) groups is 1. The molecule has 2 aromatic rings. The van der Waals surface area contributed by atoms with E-state index >= 15 is 0 Å². The summed E-state index contributed by atoms with van der Waals surface area (Å²) in [5, 5.41) is 0. The smallest absolute Gasteiger partial charge is 0.253 e. The molecule has 2 rings (SSSR count). The van der Waals surface area contributed by atoms with Crippen molar-refractivity contribution in [1.29, 1.82) is 0 Å². The van der Waals surface area contributed by atoms with Gasteiger partial charge in [0.15, 0.2) is 0 Å². The number of hydrogen-bond acceptors (Lipinski definition) is 3. The van der Waals surface area contributed by atoms with Gasteiger partial charge in [-0.2, -0.15) is 0 Å². The van der Waals surface area contributed by atoms with Crippen molar-refractivity contribution in [3.8, 4) is 11.1 Å².